The van der Waals surface area contributed by atoms with Crippen molar-refractivity contribution in [3.05, 3.63) is 34.1 Å². The molecule has 2 nitrogen and oxygen atoms in total. The Morgan fingerprint density at radius 1 is 1.37 bits per heavy atom. The Kier molecular flexibility index (Phi) is 7.06. The Labute approximate surface area is 122 Å². The maximum atomic E-state index is 13.1. The van der Waals surface area contributed by atoms with Crippen LogP contribution in [0.1, 0.15) is 56.3 Å². The van der Waals surface area contributed by atoms with Gasteiger partial charge in [-0.1, -0.05) is 32.6 Å². The summed E-state index contributed by atoms with van der Waals surface area (Å²) in [6, 6.07) is 4.45. The number of benzene rings is 1. The summed E-state index contributed by atoms with van der Waals surface area (Å²) in [7, 11) is 0. The molecule has 1 unspecified atom stereocenters. The van der Waals surface area contributed by atoms with Gasteiger partial charge in [0, 0.05) is 11.6 Å². The zero-order chi connectivity index (χ0) is 14.3. The van der Waals surface area contributed by atoms with Crippen molar-refractivity contribution >= 4 is 21.8 Å². The molecule has 0 radical (unpaired) electrons. The average Bonchev–Trinajstić information content (AvgIpc) is 2.38. The van der Waals surface area contributed by atoms with Crippen molar-refractivity contribution in [1.82, 2.24) is 5.32 Å². The van der Waals surface area contributed by atoms with Gasteiger partial charge in [-0.05, 0) is 47.5 Å². The minimum atomic E-state index is -0.357. The maximum absolute atomic E-state index is 13.1. The molecule has 0 aliphatic heterocycles. The van der Waals surface area contributed by atoms with E-state index in [0.29, 0.717) is 10.0 Å². The van der Waals surface area contributed by atoms with Gasteiger partial charge in [-0.3, -0.25) is 4.79 Å². The van der Waals surface area contributed by atoms with Crippen molar-refractivity contribution < 1.29 is 9.18 Å². The Bertz CT molecular complexity index is 423. The number of carbonyl (C=O) groups is 1. The largest absolute Gasteiger partial charge is 0.350 e. The summed E-state index contributed by atoms with van der Waals surface area (Å²) in [6.45, 7) is 4.18. The first-order valence-corrected chi connectivity index (χ1v) is 7.59. The van der Waals surface area contributed by atoms with Crippen molar-refractivity contribution in [1.29, 1.82) is 0 Å². The van der Waals surface area contributed by atoms with Crippen LogP contribution in [0.5, 0.6) is 0 Å². The first kappa shape index (κ1) is 16.2. The predicted octanol–water partition coefficient (Wildman–Crippen LogP) is 4.68. The van der Waals surface area contributed by atoms with Crippen LogP contribution in [0.3, 0.4) is 0 Å². The van der Waals surface area contributed by atoms with E-state index in [1.54, 1.807) is 0 Å². The monoisotopic (exact) mass is 329 g/mol. The molecule has 1 N–H and O–H groups in total. The molecule has 4 heteroatoms. The summed E-state index contributed by atoms with van der Waals surface area (Å²) in [6.07, 6.45) is 5.77. The van der Waals surface area contributed by atoms with Crippen LogP contribution in [0.25, 0.3) is 0 Å². The number of carbonyl (C=O) groups excluding carboxylic acids is 1. The predicted molar refractivity (Wildman–Crippen MR) is 79.8 cm³/mol. The van der Waals surface area contributed by atoms with Crippen LogP contribution < -0.4 is 5.32 Å². The number of hydrogen-bond acceptors (Lipinski definition) is 1. The molecule has 19 heavy (non-hydrogen) atoms. The number of nitrogens with one attached hydrogen (secondary N) is 1. The summed E-state index contributed by atoms with van der Waals surface area (Å²) in [5.74, 6) is -0.507. The van der Waals surface area contributed by atoms with Crippen molar-refractivity contribution in [2.24, 2.45) is 0 Å². The van der Waals surface area contributed by atoms with Crippen LogP contribution in [-0.2, 0) is 0 Å². The van der Waals surface area contributed by atoms with Gasteiger partial charge in [-0.2, -0.15) is 0 Å². The molecule has 1 amide bonds. The van der Waals surface area contributed by atoms with Crippen LogP contribution in [-0.4, -0.2) is 11.9 Å². The number of rotatable bonds is 7. The van der Waals surface area contributed by atoms with E-state index in [0.717, 1.165) is 12.8 Å². The van der Waals surface area contributed by atoms with E-state index in [1.807, 2.05) is 6.92 Å². The summed E-state index contributed by atoms with van der Waals surface area (Å²) in [5.41, 5.74) is 0.480. The molecule has 1 aromatic rings. The fraction of sp³-hybridized carbons (Fsp3) is 0.533. The second-order valence-corrected chi connectivity index (χ2v) is 5.71. The fourth-order valence-electron chi connectivity index (χ4n) is 1.89. The van der Waals surface area contributed by atoms with Crippen molar-refractivity contribution in [2.75, 3.05) is 0 Å². The molecule has 1 atom stereocenters. The van der Waals surface area contributed by atoms with E-state index < -0.39 is 0 Å². The van der Waals surface area contributed by atoms with E-state index in [-0.39, 0.29) is 17.8 Å². The van der Waals surface area contributed by atoms with Gasteiger partial charge in [-0.25, -0.2) is 4.39 Å². The highest BCUT2D eigenvalue weighted by molar-refractivity contribution is 9.10. The fourth-order valence-corrected chi connectivity index (χ4v) is 2.27. The highest BCUT2D eigenvalue weighted by atomic mass is 79.9. The average molecular weight is 330 g/mol. The molecule has 0 fully saturated rings. The lowest BCUT2D eigenvalue weighted by Crippen LogP contribution is -2.32. The van der Waals surface area contributed by atoms with E-state index in [1.165, 1.54) is 37.5 Å². The van der Waals surface area contributed by atoms with E-state index in [4.69, 9.17) is 0 Å². The molecular weight excluding hydrogens is 309 g/mol. The van der Waals surface area contributed by atoms with E-state index in [9.17, 15) is 9.18 Å². The second-order valence-electron chi connectivity index (χ2n) is 4.85. The Morgan fingerprint density at radius 3 is 2.74 bits per heavy atom. The summed E-state index contributed by atoms with van der Waals surface area (Å²) < 4.78 is 13.4. The van der Waals surface area contributed by atoms with Crippen LogP contribution in [0.4, 0.5) is 4.39 Å². The molecule has 106 valence electrons. The Morgan fingerprint density at radius 2 is 2.11 bits per heavy atom. The minimum absolute atomic E-state index is 0.146. The Balaban J connectivity index is 2.43. The van der Waals surface area contributed by atoms with Gasteiger partial charge in [0.2, 0.25) is 0 Å². The molecular formula is C15H21BrFNO. The van der Waals surface area contributed by atoms with E-state index in [2.05, 4.69) is 28.2 Å². The van der Waals surface area contributed by atoms with Gasteiger partial charge in [0.1, 0.15) is 5.82 Å². The zero-order valence-corrected chi connectivity index (χ0v) is 13.1. The van der Waals surface area contributed by atoms with E-state index >= 15 is 0 Å². The third-order valence-corrected chi connectivity index (χ3v) is 3.66. The third kappa shape index (κ3) is 5.72. The van der Waals surface area contributed by atoms with Gasteiger partial charge in [0.05, 0.1) is 4.47 Å². The highest BCUT2D eigenvalue weighted by Gasteiger charge is 2.11. The molecule has 0 aliphatic carbocycles. The Hall–Kier alpha value is -0.900. The molecule has 1 rings (SSSR count). The number of amides is 1. The third-order valence-electron chi connectivity index (χ3n) is 3.05. The van der Waals surface area contributed by atoms with Gasteiger partial charge >= 0.3 is 0 Å². The lowest BCUT2D eigenvalue weighted by atomic mass is 10.1. The molecule has 0 heterocycles. The van der Waals surface area contributed by atoms with Crippen LogP contribution in [0.2, 0.25) is 0 Å². The molecule has 0 aliphatic rings. The molecule has 0 aromatic heterocycles. The normalized spacial score (nSPS) is 12.2. The van der Waals surface area contributed by atoms with Crippen molar-refractivity contribution in [2.45, 2.75) is 52.0 Å². The van der Waals surface area contributed by atoms with Crippen LogP contribution in [0.15, 0.2) is 22.7 Å². The summed E-state index contributed by atoms with van der Waals surface area (Å²) in [4.78, 5) is 12.0. The quantitative estimate of drug-likeness (QED) is 0.723. The minimum Gasteiger partial charge on any atom is -0.350 e. The lowest BCUT2D eigenvalue weighted by Gasteiger charge is -2.14. The maximum Gasteiger partial charge on any atom is 0.251 e. The van der Waals surface area contributed by atoms with Crippen LogP contribution >= 0.6 is 15.9 Å². The number of halogens is 2. The van der Waals surface area contributed by atoms with Gasteiger partial charge in [0.15, 0.2) is 0 Å². The molecule has 0 saturated carbocycles. The van der Waals surface area contributed by atoms with Gasteiger partial charge in [-0.15, -0.1) is 0 Å². The molecule has 1 aromatic carbocycles. The number of unbranched alkanes of at least 4 members (excludes halogenated alkanes) is 3. The highest BCUT2D eigenvalue weighted by Crippen LogP contribution is 2.17. The zero-order valence-electron chi connectivity index (χ0n) is 11.5. The van der Waals surface area contributed by atoms with Crippen molar-refractivity contribution in [3.8, 4) is 0 Å². The topological polar surface area (TPSA) is 29.1 Å². The van der Waals surface area contributed by atoms with Gasteiger partial charge < -0.3 is 5.32 Å². The van der Waals surface area contributed by atoms with Crippen molar-refractivity contribution in [3.63, 3.8) is 0 Å². The van der Waals surface area contributed by atoms with Crippen LogP contribution in [0, 0.1) is 5.82 Å². The first-order chi connectivity index (χ1) is 9.04. The summed E-state index contributed by atoms with van der Waals surface area (Å²) in [5, 5.41) is 2.94. The number of hydrogen-bond donors (Lipinski definition) is 1. The molecule has 0 bridgehead atoms. The smallest absolute Gasteiger partial charge is 0.251 e. The first-order valence-electron chi connectivity index (χ1n) is 6.80. The molecule has 0 spiro atoms. The lowest BCUT2D eigenvalue weighted by molar-refractivity contribution is 0.0938. The standard InChI is InChI=1S/C15H21BrFNO/c1-3-4-5-6-7-11(2)18-15(19)12-8-9-14(17)13(16)10-12/h8-11H,3-7H2,1-2H3,(H,18,19). The SMILES string of the molecule is CCCCCCC(C)NC(=O)c1ccc(F)c(Br)c1. The molecule has 0 saturated heterocycles. The van der Waals surface area contributed by atoms with Gasteiger partial charge in [0.25, 0.3) is 5.91 Å². The summed E-state index contributed by atoms with van der Waals surface area (Å²) >= 11 is 3.08. The second kappa shape index (κ2) is 8.31.